The number of amides is 2. The Hall–Kier alpha value is -2.11. The molecule has 5 rings (SSSR count). The molecule has 2 amide bonds. The van der Waals surface area contributed by atoms with E-state index in [-0.39, 0.29) is 30.1 Å². The van der Waals surface area contributed by atoms with Gasteiger partial charge >= 0.3 is 0 Å². The van der Waals surface area contributed by atoms with Gasteiger partial charge in [-0.05, 0) is 30.7 Å². The van der Waals surface area contributed by atoms with Crippen molar-refractivity contribution in [3.63, 3.8) is 0 Å². The Labute approximate surface area is 171 Å². The number of carbonyl (C=O) groups excluding carboxylic acids is 2. The van der Waals surface area contributed by atoms with Crippen LogP contribution in [0.4, 0.5) is 5.69 Å². The average molecular weight is 400 g/mol. The summed E-state index contributed by atoms with van der Waals surface area (Å²) in [6.45, 7) is 2.09. The quantitative estimate of drug-likeness (QED) is 0.844. The number of carbonyl (C=O) groups is 2. The third kappa shape index (κ3) is 3.38. The van der Waals surface area contributed by atoms with E-state index in [2.05, 4.69) is 17.4 Å². The van der Waals surface area contributed by atoms with E-state index in [9.17, 15) is 9.59 Å². The second kappa shape index (κ2) is 7.72. The van der Waals surface area contributed by atoms with Crippen molar-refractivity contribution in [2.45, 2.75) is 37.8 Å². The predicted octanol–water partition coefficient (Wildman–Crippen LogP) is 2.97. The van der Waals surface area contributed by atoms with Crippen molar-refractivity contribution >= 4 is 40.7 Å². The molecule has 2 aromatic carbocycles. The molecule has 3 fully saturated rings. The van der Waals surface area contributed by atoms with Gasteiger partial charge in [-0.15, -0.1) is 12.4 Å². The molecular formula is C22H26ClN3O2. The van der Waals surface area contributed by atoms with Gasteiger partial charge in [-0.2, -0.15) is 0 Å². The monoisotopic (exact) mass is 399 g/mol. The lowest BCUT2D eigenvalue weighted by Crippen LogP contribution is -2.42. The number of nitrogens with one attached hydrogen (secondary N) is 1. The van der Waals surface area contributed by atoms with Gasteiger partial charge in [-0.3, -0.25) is 9.59 Å². The predicted molar refractivity (Wildman–Crippen MR) is 113 cm³/mol. The molecule has 3 unspecified atom stereocenters. The molecule has 5 nitrogen and oxygen atoms in total. The lowest BCUT2D eigenvalue weighted by atomic mass is 10.0. The molecule has 3 saturated heterocycles. The third-order valence-corrected chi connectivity index (χ3v) is 6.37. The van der Waals surface area contributed by atoms with Crippen LogP contribution in [0.5, 0.6) is 0 Å². The van der Waals surface area contributed by atoms with Crippen LogP contribution in [0.15, 0.2) is 42.5 Å². The highest BCUT2D eigenvalue weighted by atomic mass is 35.5. The Morgan fingerprint density at radius 1 is 0.964 bits per heavy atom. The third-order valence-electron chi connectivity index (χ3n) is 6.37. The van der Waals surface area contributed by atoms with Crippen LogP contribution in [0.2, 0.25) is 0 Å². The van der Waals surface area contributed by atoms with E-state index in [1.54, 1.807) is 0 Å². The molecule has 0 aliphatic carbocycles. The minimum atomic E-state index is -0.229. The second-order valence-corrected chi connectivity index (χ2v) is 8.11. The smallest absolute Gasteiger partial charge is 0.228 e. The number of hydrogen-bond donors (Lipinski definition) is 1. The first-order valence-corrected chi connectivity index (χ1v) is 10.0. The van der Waals surface area contributed by atoms with E-state index in [0.29, 0.717) is 25.0 Å². The molecule has 3 atom stereocenters. The van der Waals surface area contributed by atoms with E-state index < -0.39 is 0 Å². The van der Waals surface area contributed by atoms with Crippen LogP contribution in [0.25, 0.3) is 10.8 Å². The number of fused-ring (bicyclic) bond motifs is 3. The summed E-state index contributed by atoms with van der Waals surface area (Å²) in [5.41, 5.74) is 0.921. The molecule has 3 aliphatic heterocycles. The summed E-state index contributed by atoms with van der Waals surface area (Å²) < 4.78 is 0. The maximum absolute atomic E-state index is 13.1. The zero-order chi connectivity index (χ0) is 18.4. The van der Waals surface area contributed by atoms with Crippen LogP contribution in [-0.2, 0) is 9.59 Å². The molecule has 0 aromatic heterocycles. The van der Waals surface area contributed by atoms with Crippen molar-refractivity contribution in [3.8, 4) is 0 Å². The number of benzene rings is 2. The molecular weight excluding hydrogens is 374 g/mol. The number of rotatable bonds is 2. The van der Waals surface area contributed by atoms with E-state index in [1.165, 1.54) is 6.42 Å². The van der Waals surface area contributed by atoms with Crippen molar-refractivity contribution in [2.75, 3.05) is 24.5 Å². The second-order valence-electron chi connectivity index (χ2n) is 8.11. The number of halogens is 1. The van der Waals surface area contributed by atoms with Crippen molar-refractivity contribution in [3.05, 3.63) is 42.5 Å². The molecule has 28 heavy (non-hydrogen) atoms. The summed E-state index contributed by atoms with van der Waals surface area (Å²) in [6.07, 6.45) is 3.72. The summed E-state index contributed by atoms with van der Waals surface area (Å²) in [7, 11) is 0. The zero-order valence-electron chi connectivity index (χ0n) is 15.8. The highest BCUT2D eigenvalue weighted by molar-refractivity contribution is 6.07. The van der Waals surface area contributed by atoms with Gasteiger partial charge in [0.05, 0.1) is 11.6 Å². The molecule has 6 heteroatoms. The molecule has 3 aliphatic rings. The molecule has 2 bridgehead atoms. The largest absolute Gasteiger partial charge is 0.341 e. The number of likely N-dealkylation sites (tertiary alicyclic amines) is 1. The van der Waals surface area contributed by atoms with Gasteiger partial charge in [0.25, 0.3) is 0 Å². The fraction of sp³-hybridized carbons (Fsp3) is 0.455. The van der Waals surface area contributed by atoms with Gasteiger partial charge < -0.3 is 15.1 Å². The van der Waals surface area contributed by atoms with Gasteiger partial charge in [0.15, 0.2) is 0 Å². The van der Waals surface area contributed by atoms with Crippen LogP contribution in [0, 0.1) is 5.92 Å². The average Bonchev–Trinajstić information content (AvgIpc) is 3.22. The van der Waals surface area contributed by atoms with Gasteiger partial charge in [-0.25, -0.2) is 0 Å². The van der Waals surface area contributed by atoms with Gasteiger partial charge in [0, 0.05) is 43.5 Å². The lowest BCUT2D eigenvalue weighted by molar-refractivity contribution is -0.136. The summed E-state index contributed by atoms with van der Waals surface area (Å²) in [5, 5.41) is 5.81. The molecule has 0 radical (unpaired) electrons. The van der Waals surface area contributed by atoms with Gasteiger partial charge in [0.2, 0.25) is 11.8 Å². The maximum Gasteiger partial charge on any atom is 0.228 e. The first kappa shape index (κ1) is 19.2. The zero-order valence-corrected chi connectivity index (χ0v) is 16.7. The lowest BCUT2D eigenvalue weighted by Gasteiger charge is -2.27. The fourth-order valence-electron chi connectivity index (χ4n) is 4.95. The molecule has 148 valence electrons. The minimum absolute atomic E-state index is 0. The van der Waals surface area contributed by atoms with E-state index >= 15 is 0 Å². The fourth-order valence-corrected chi connectivity index (χ4v) is 4.95. The first-order chi connectivity index (χ1) is 13.2. The van der Waals surface area contributed by atoms with Crippen LogP contribution >= 0.6 is 12.4 Å². The van der Waals surface area contributed by atoms with Crippen molar-refractivity contribution < 1.29 is 9.59 Å². The highest BCUT2D eigenvalue weighted by Crippen LogP contribution is 2.32. The van der Waals surface area contributed by atoms with E-state index in [1.807, 2.05) is 40.1 Å². The highest BCUT2D eigenvalue weighted by Gasteiger charge is 2.39. The maximum atomic E-state index is 13.1. The molecule has 3 heterocycles. The minimum Gasteiger partial charge on any atom is -0.341 e. The number of nitrogens with zero attached hydrogens (tertiary/aromatic N) is 2. The topological polar surface area (TPSA) is 52.7 Å². The normalized spacial score (nSPS) is 27.0. The molecule has 0 saturated carbocycles. The standard InChI is InChI=1S/C22H25N3O2.ClH/c26-21-12-16(22(27)24-11-10-17-8-9-18(14-24)23-17)13-25(21)20-7-3-5-15-4-1-2-6-19(15)20;/h1-7,16-18,23H,8-14H2;1H. The summed E-state index contributed by atoms with van der Waals surface area (Å²) >= 11 is 0. The van der Waals surface area contributed by atoms with Crippen molar-refractivity contribution in [1.29, 1.82) is 0 Å². The van der Waals surface area contributed by atoms with Crippen LogP contribution < -0.4 is 10.2 Å². The number of hydrogen-bond acceptors (Lipinski definition) is 3. The Morgan fingerprint density at radius 2 is 1.75 bits per heavy atom. The molecule has 0 spiro atoms. The van der Waals surface area contributed by atoms with Crippen LogP contribution in [0.3, 0.4) is 0 Å². The summed E-state index contributed by atoms with van der Waals surface area (Å²) in [4.78, 5) is 29.7. The van der Waals surface area contributed by atoms with Gasteiger partial charge in [-0.1, -0.05) is 36.4 Å². The summed E-state index contributed by atoms with van der Waals surface area (Å²) in [5.74, 6) is -0.0206. The van der Waals surface area contributed by atoms with Gasteiger partial charge in [0.1, 0.15) is 0 Å². The Kier molecular flexibility index (Phi) is 5.30. The van der Waals surface area contributed by atoms with E-state index in [0.717, 1.165) is 42.4 Å². The molecule has 1 N–H and O–H groups in total. The Bertz CT molecular complexity index is 897. The Morgan fingerprint density at radius 3 is 2.64 bits per heavy atom. The van der Waals surface area contributed by atoms with Crippen molar-refractivity contribution in [1.82, 2.24) is 10.2 Å². The van der Waals surface area contributed by atoms with Crippen LogP contribution in [0.1, 0.15) is 25.7 Å². The van der Waals surface area contributed by atoms with E-state index in [4.69, 9.17) is 0 Å². The molecule has 2 aromatic rings. The Balaban J connectivity index is 0.00000192. The number of anilines is 1. The summed E-state index contributed by atoms with van der Waals surface area (Å²) in [6, 6.07) is 15.1. The first-order valence-electron chi connectivity index (χ1n) is 10.0. The van der Waals surface area contributed by atoms with Crippen molar-refractivity contribution in [2.24, 2.45) is 5.92 Å². The van der Waals surface area contributed by atoms with Crippen LogP contribution in [-0.4, -0.2) is 48.4 Å². The SMILES string of the molecule is Cl.O=C(C1CC(=O)N(c2cccc3ccccc23)C1)N1CCC2CCC(C1)N2.